The molecule has 0 aliphatic carbocycles. The van der Waals surface area contributed by atoms with Gasteiger partial charge in [-0.3, -0.25) is 43.3 Å². The van der Waals surface area contributed by atoms with E-state index < -0.39 is 128 Å². The highest BCUT2D eigenvalue weighted by Crippen LogP contribution is 2.13. The van der Waals surface area contributed by atoms with E-state index in [1.807, 2.05) is 5.32 Å². The number of imide groups is 1. The number of nitrogens with zero attached hydrogens (tertiary/aromatic N) is 1. The van der Waals surface area contributed by atoms with Crippen LogP contribution < -0.4 is 55.3 Å². The van der Waals surface area contributed by atoms with Crippen LogP contribution in [0.25, 0.3) is 0 Å². The van der Waals surface area contributed by atoms with Gasteiger partial charge in [-0.05, 0) is 45.1 Å². The number of aliphatic hydroxyl groups excluding tert-OH is 4. The van der Waals surface area contributed by atoms with Crippen LogP contribution in [0.2, 0.25) is 0 Å². The first-order valence-electron chi connectivity index (χ1n) is 19.2. The van der Waals surface area contributed by atoms with Crippen molar-refractivity contribution >= 4 is 53.3 Å². The van der Waals surface area contributed by atoms with Crippen molar-refractivity contribution in [2.45, 2.75) is 127 Å². The predicted molar refractivity (Wildman–Crippen MR) is 209 cm³/mol. The Kier molecular flexibility index (Phi) is 26.4. The van der Waals surface area contributed by atoms with Crippen molar-refractivity contribution in [3.63, 3.8) is 0 Å². The van der Waals surface area contributed by atoms with Crippen LogP contribution in [-0.2, 0) is 38.4 Å². The maximum absolute atomic E-state index is 14.0. The lowest BCUT2D eigenvalue weighted by molar-refractivity contribution is -0.156. The Hall–Kier alpha value is -5.27. The molecule has 59 heavy (non-hydrogen) atoms. The van der Waals surface area contributed by atoms with Crippen molar-refractivity contribution in [3.8, 4) is 0 Å². The molecule has 336 valence electrons. The Labute approximate surface area is 341 Å². The van der Waals surface area contributed by atoms with E-state index >= 15 is 0 Å². The number of nitrogens with one attached hydrogen (secondary N) is 5. The Balaban J connectivity index is 6.38. The molecular formula is C35H63N11O13. The molecule has 0 rings (SSSR count). The summed E-state index contributed by atoms with van der Waals surface area (Å²) in [5.74, 6) is -9.67. The number of nitrogens with two attached hydrogens (primary N) is 5. The highest BCUT2D eigenvalue weighted by molar-refractivity contribution is 6.05. The number of unbranched alkanes of at least 4 members (excludes halogenated alkanes) is 5. The molecule has 0 aromatic rings. The van der Waals surface area contributed by atoms with Crippen molar-refractivity contribution < 1.29 is 63.6 Å². The van der Waals surface area contributed by atoms with Crippen molar-refractivity contribution in [1.29, 1.82) is 0 Å². The standard InChI is InChI=1S/C35H63N11O13/c1-3-4-5-6-7-8-9-12-25(51)43-22(11-10-14-42-35(40)59)30(54)44-23(18-48)31(55)45-27(28(52)29(39)53)34(58)46(20(17-47)16-24(37)50)33(57)21(36)13-15-41-32(56)26(38)19(2)49/h9,12,19-23,26-28,47-49,52H,3-8,10-11,13-18,36,38H2,1-2H3,(H2,37,50)(H2,39,53)(H,41,56)(H,43,51)(H,44,54)(H,45,55)(H3,40,42,59)/b12-9-/t19-,20-,21+,22+,23-,26-,27-,28-/m0/s1. The highest BCUT2D eigenvalue weighted by Gasteiger charge is 2.43. The van der Waals surface area contributed by atoms with Crippen LogP contribution in [0, 0.1) is 0 Å². The third-order valence-electron chi connectivity index (χ3n) is 8.71. The molecule has 0 aromatic heterocycles. The van der Waals surface area contributed by atoms with Crippen LogP contribution in [0.1, 0.15) is 78.1 Å². The summed E-state index contributed by atoms with van der Waals surface area (Å²) in [6.45, 7) is 0.713. The molecule has 0 aliphatic heterocycles. The van der Waals surface area contributed by atoms with Gasteiger partial charge in [-0.25, -0.2) is 4.79 Å². The molecule has 0 bridgehead atoms. The molecule has 0 saturated carbocycles. The van der Waals surface area contributed by atoms with E-state index in [2.05, 4.69) is 28.2 Å². The first-order valence-corrected chi connectivity index (χ1v) is 19.2. The van der Waals surface area contributed by atoms with E-state index in [1.54, 1.807) is 6.08 Å². The smallest absolute Gasteiger partial charge is 0.312 e. The van der Waals surface area contributed by atoms with Gasteiger partial charge >= 0.3 is 6.03 Å². The minimum Gasteiger partial charge on any atom is -0.394 e. The van der Waals surface area contributed by atoms with Gasteiger partial charge < -0.3 is 75.7 Å². The van der Waals surface area contributed by atoms with Gasteiger partial charge in [0.15, 0.2) is 6.10 Å². The lowest BCUT2D eigenvalue weighted by atomic mass is 10.0. The molecule has 24 heteroatoms. The number of carbonyl (C=O) groups excluding carboxylic acids is 9. The van der Waals surface area contributed by atoms with Crippen LogP contribution in [0.4, 0.5) is 4.79 Å². The Morgan fingerprint density at radius 1 is 0.712 bits per heavy atom. The molecule has 0 radical (unpaired) electrons. The predicted octanol–water partition coefficient (Wildman–Crippen LogP) is -6.22. The van der Waals surface area contributed by atoms with Crippen LogP contribution >= 0.6 is 0 Å². The fourth-order valence-electron chi connectivity index (χ4n) is 5.30. The summed E-state index contributed by atoms with van der Waals surface area (Å²) in [5, 5.41) is 51.6. The molecule has 0 aliphatic rings. The third-order valence-corrected chi connectivity index (χ3v) is 8.71. The fourth-order valence-corrected chi connectivity index (χ4v) is 5.30. The number of aliphatic hydroxyl groups is 4. The molecule has 0 spiro atoms. The zero-order chi connectivity index (χ0) is 45.2. The van der Waals surface area contributed by atoms with Crippen LogP contribution in [0.5, 0.6) is 0 Å². The summed E-state index contributed by atoms with van der Waals surface area (Å²) < 4.78 is 0. The maximum atomic E-state index is 14.0. The fraction of sp³-hybridized carbons (Fsp3) is 0.686. The number of urea groups is 1. The number of hydrogen-bond donors (Lipinski definition) is 14. The molecule has 0 fully saturated rings. The van der Waals surface area contributed by atoms with E-state index in [1.165, 1.54) is 13.0 Å². The summed E-state index contributed by atoms with van der Waals surface area (Å²) in [5.41, 5.74) is 27.1. The average Bonchev–Trinajstić information content (AvgIpc) is 3.17. The SMILES string of the molecule is CCCCCCC/C=C\C(=O)N[C@H](CCCNC(N)=O)C(=O)N[C@@H](CO)C(=O)N[C@H](C(=O)N(C(=O)[C@H](N)CCNC(=O)[C@@H](N)[C@H](C)O)[C@H](CO)CC(N)=O)[C@H](O)C(N)=O. The molecular weight excluding hydrogens is 782 g/mol. The monoisotopic (exact) mass is 845 g/mol. The van der Waals surface area contributed by atoms with Gasteiger partial charge in [0.05, 0.1) is 31.4 Å². The molecule has 0 aromatic carbocycles. The number of amides is 10. The maximum Gasteiger partial charge on any atom is 0.312 e. The largest absolute Gasteiger partial charge is 0.394 e. The third kappa shape index (κ3) is 20.8. The van der Waals surface area contributed by atoms with Crippen molar-refractivity contribution in [3.05, 3.63) is 12.2 Å². The summed E-state index contributed by atoms with van der Waals surface area (Å²) in [6.07, 6.45) is 3.29. The normalized spacial score (nSPS) is 15.3. The number of carbonyl (C=O) groups is 9. The number of allylic oxidation sites excluding steroid dienone is 1. The first kappa shape index (κ1) is 53.7. The van der Waals surface area contributed by atoms with Gasteiger partial charge in [-0.1, -0.05) is 38.7 Å². The number of primary amides is 3. The topological polar surface area (TPSA) is 428 Å². The van der Waals surface area contributed by atoms with Crippen LogP contribution in [-0.4, -0.2) is 153 Å². The zero-order valence-electron chi connectivity index (χ0n) is 33.5. The van der Waals surface area contributed by atoms with Gasteiger partial charge in [0.2, 0.25) is 41.4 Å². The van der Waals surface area contributed by atoms with E-state index in [-0.39, 0.29) is 30.8 Å². The Morgan fingerprint density at radius 3 is 1.88 bits per heavy atom. The molecule has 0 saturated heterocycles. The van der Waals surface area contributed by atoms with E-state index in [4.69, 9.17) is 28.7 Å². The quantitative estimate of drug-likeness (QED) is 0.0236. The van der Waals surface area contributed by atoms with Gasteiger partial charge in [0.1, 0.15) is 24.2 Å². The first-order chi connectivity index (χ1) is 27.7. The number of rotatable bonds is 30. The van der Waals surface area contributed by atoms with E-state index in [0.717, 1.165) is 32.1 Å². The van der Waals surface area contributed by atoms with Gasteiger partial charge in [0, 0.05) is 19.5 Å². The van der Waals surface area contributed by atoms with Crippen molar-refractivity contribution in [2.75, 3.05) is 26.3 Å². The van der Waals surface area contributed by atoms with Crippen LogP contribution in [0.3, 0.4) is 0 Å². The Morgan fingerprint density at radius 2 is 1.34 bits per heavy atom. The van der Waals surface area contributed by atoms with Crippen molar-refractivity contribution in [1.82, 2.24) is 31.5 Å². The second-order valence-corrected chi connectivity index (χ2v) is 13.7. The van der Waals surface area contributed by atoms with Gasteiger partial charge in [0.25, 0.3) is 5.91 Å². The summed E-state index contributed by atoms with van der Waals surface area (Å²) in [7, 11) is 0. The number of hydrogen-bond acceptors (Lipinski definition) is 15. The van der Waals surface area contributed by atoms with Gasteiger partial charge in [-0.2, -0.15) is 0 Å². The second kappa shape index (κ2) is 29.0. The van der Waals surface area contributed by atoms with Crippen LogP contribution in [0.15, 0.2) is 12.2 Å². The minimum absolute atomic E-state index is 0.00342. The highest BCUT2D eigenvalue weighted by atomic mass is 16.3. The lowest BCUT2D eigenvalue weighted by Gasteiger charge is -2.34. The Bertz CT molecular complexity index is 1450. The van der Waals surface area contributed by atoms with E-state index in [9.17, 15) is 63.6 Å². The molecule has 8 atom stereocenters. The molecule has 19 N–H and O–H groups in total. The van der Waals surface area contributed by atoms with E-state index in [0.29, 0.717) is 6.42 Å². The molecule has 0 unspecified atom stereocenters. The summed E-state index contributed by atoms with van der Waals surface area (Å²) in [4.78, 5) is 115. The summed E-state index contributed by atoms with van der Waals surface area (Å²) in [6, 6.07) is -11.4. The molecule has 24 nitrogen and oxygen atoms in total. The average molecular weight is 846 g/mol. The van der Waals surface area contributed by atoms with Crippen molar-refractivity contribution in [2.24, 2.45) is 28.7 Å². The molecule has 0 heterocycles. The minimum atomic E-state index is -2.61. The van der Waals surface area contributed by atoms with Gasteiger partial charge in [-0.15, -0.1) is 0 Å². The lowest BCUT2D eigenvalue weighted by Crippen LogP contribution is -2.65. The molecule has 10 amide bonds. The zero-order valence-corrected chi connectivity index (χ0v) is 33.5. The summed E-state index contributed by atoms with van der Waals surface area (Å²) >= 11 is 0. The second-order valence-electron chi connectivity index (χ2n) is 13.7.